The molecule has 0 bridgehead atoms. The zero-order valence-corrected chi connectivity index (χ0v) is 17.6. The van der Waals surface area contributed by atoms with Gasteiger partial charge in [-0.05, 0) is 58.8 Å². The standard InChI is InChI=1S/C20H37NO6/c1-13(2)12-25-17-14(3)26-18(23)16(9-7-8-15(17)10-11-22)21-19(24)27-20(4,5)6/h13-17,22H,7-12H2,1-6H3,(H,21,24). The Balaban J connectivity index is 2.84. The van der Waals surface area contributed by atoms with E-state index in [0.717, 1.165) is 6.42 Å². The first-order valence-corrected chi connectivity index (χ1v) is 9.96. The van der Waals surface area contributed by atoms with Crippen LogP contribution < -0.4 is 5.32 Å². The molecule has 1 aliphatic heterocycles. The average molecular weight is 388 g/mol. The lowest BCUT2D eigenvalue weighted by molar-refractivity contribution is -0.162. The quantitative estimate of drug-likeness (QED) is 0.681. The number of esters is 1. The molecule has 7 heteroatoms. The number of nitrogens with one attached hydrogen (secondary N) is 1. The maximum atomic E-state index is 12.6. The Hall–Kier alpha value is -1.34. The van der Waals surface area contributed by atoms with Gasteiger partial charge in [0.15, 0.2) is 0 Å². The van der Waals surface area contributed by atoms with E-state index >= 15 is 0 Å². The molecule has 1 aliphatic rings. The van der Waals surface area contributed by atoms with Crippen molar-refractivity contribution in [2.24, 2.45) is 11.8 Å². The van der Waals surface area contributed by atoms with Gasteiger partial charge in [0.25, 0.3) is 0 Å². The van der Waals surface area contributed by atoms with Gasteiger partial charge >= 0.3 is 12.1 Å². The predicted molar refractivity (Wildman–Crippen MR) is 102 cm³/mol. The van der Waals surface area contributed by atoms with Crippen LogP contribution in [-0.4, -0.2) is 54.2 Å². The lowest BCUT2D eigenvalue weighted by atomic mass is 9.89. The molecular formula is C20H37NO6. The van der Waals surface area contributed by atoms with Gasteiger partial charge < -0.3 is 24.6 Å². The number of hydrogen-bond donors (Lipinski definition) is 2. The summed E-state index contributed by atoms with van der Waals surface area (Å²) in [6.07, 6.45) is 1.19. The molecule has 1 rings (SSSR count). The number of aliphatic hydroxyl groups excluding tert-OH is 1. The molecule has 0 aromatic heterocycles. The van der Waals surface area contributed by atoms with Gasteiger partial charge in [0, 0.05) is 13.2 Å². The molecule has 158 valence electrons. The van der Waals surface area contributed by atoms with E-state index in [1.54, 1.807) is 20.8 Å². The summed E-state index contributed by atoms with van der Waals surface area (Å²) >= 11 is 0. The topological polar surface area (TPSA) is 94.1 Å². The van der Waals surface area contributed by atoms with Crippen LogP contribution in [0.25, 0.3) is 0 Å². The monoisotopic (exact) mass is 387 g/mol. The molecule has 0 saturated carbocycles. The largest absolute Gasteiger partial charge is 0.458 e. The number of cyclic esters (lactones) is 1. The number of alkyl carbamates (subject to hydrolysis) is 1. The highest BCUT2D eigenvalue weighted by atomic mass is 16.6. The van der Waals surface area contributed by atoms with E-state index in [1.807, 2.05) is 6.92 Å². The van der Waals surface area contributed by atoms with Gasteiger partial charge in [-0.25, -0.2) is 9.59 Å². The van der Waals surface area contributed by atoms with Crippen LogP contribution in [0.5, 0.6) is 0 Å². The number of aliphatic hydroxyl groups is 1. The zero-order valence-electron chi connectivity index (χ0n) is 17.6. The third kappa shape index (κ3) is 8.93. The Kier molecular flexibility index (Phi) is 9.53. The highest BCUT2D eigenvalue weighted by Crippen LogP contribution is 2.27. The summed E-state index contributed by atoms with van der Waals surface area (Å²) in [5.74, 6) is -0.0233. The third-order valence-electron chi connectivity index (χ3n) is 4.39. The zero-order chi connectivity index (χ0) is 20.6. The molecular weight excluding hydrogens is 350 g/mol. The van der Waals surface area contributed by atoms with Crippen LogP contribution in [0.3, 0.4) is 0 Å². The predicted octanol–water partition coefficient (Wildman–Crippen LogP) is 3.04. The van der Waals surface area contributed by atoms with Crippen LogP contribution in [0.1, 0.15) is 67.2 Å². The summed E-state index contributed by atoms with van der Waals surface area (Å²) in [5.41, 5.74) is -0.637. The van der Waals surface area contributed by atoms with Gasteiger partial charge in [0.1, 0.15) is 17.7 Å². The van der Waals surface area contributed by atoms with E-state index in [-0.39, 0.29) is 18.6 Å². The second-order valence-electron chi connectivity index (χ2n) is 8.74. The highest BCUT2D eigenvalue weighted by Gasteiger charge is 2.35. The van der Waals surface area contributed by atoms with E-state index in [1.165, 1.54) is 0 Å². The number of rotatable bonds is 6. The fourth-order valence-corrected chi connectivity index (χ4v) is 3.21. The van der Waals surface area contributed by atoms with Crippen molar-refractivity contribution in [3.05, 3.63) is 0 Å². The molecule has 4 atom stereocenters. The van der Waals surface area contributed by atoms with Crippen molar-refractivity contribution in [3.8, 4) is 0 Å². The SMILES string of the molecule is CC(C)COC1C(CCO)CCCC(NC(=O)OC(C)(C)C)C(=O)OC1C. The maximum absolute atomic E-state index is 12.6. The second kappa shape index (κ2) is 10.9. The summed E-state index contributed by atoms with van der Waals surface area (Å²) in [7, 11) is 0. The summed E-state index contributed by atoms with van der Waals surface area (Å²) in [4.78, 5) is 24.6. The fraction of sp³-hybridized carbons (Fsp3) is 0.900. The summed E-state index contributed by atoms with van der Waals surface area (Å²) in [6, 6.07) is -0.749. The van der Waals surface area contributed by atoms with Crippen LogP contribution in [0.15, 0.2) is 0 Å². The normalized spacial score (nSPS) is 27.3. The molecule has 1 heterocycles. The van der Waals surface area contributed by atoms with Crippen LogP contribution in [-0.2, 0) is 19.0 Å². The average Bonchev–Trinajstić information content (AvgIpc) is 2.55. The van der Waals surface area contributed by atoms with Crippen LogP contribution in [0.4, 0.5) is 4.79 Å². The first kappa shape index (κ1) is 23.7. The molecule has 4 unspecified atom stereocenters. The molecule has 7 nitrogen and oxygen atoms in total. The Labute approximate surface area is 163 Å². The third-order valence-corrected chi connectivity index (χ3v) is 4.39. The minimum absolute atomic E-state index is 0.0620. The van der Waals surface area contributed by atoms with Crippen LogP contribution in [0, 0.1) is 11.8 Å². The molecule has 1 fully saturated rings. The van der Waals surface area contributed by atoms with Crippen molar-refractivity contribution in [3.63, 3.8) is 0 Å². The van der Waals surface area contributed by atoms with E-state index in [0.29, 0.717) is 31.8 Å². The second-order valence-corrected chi connectivity index (χ2v) is 8.74. The number of carbonyl (C=O) groups excluding carboxylic acids is 2. The van der Waals surface area contributed by atoms with Crippen molar-refractivity contribution in [1.82, 2.24) is 5.32 Å². The molecule has 0 radical (unpaired) electrons. The molecule has 0 spiro atoms. The molecule has 1 amide bonds. The number of hydrogen-bond acceptors (Lipinski definition) is 6. The molecule has 2 N–H and O–H groups in total. The van der Waals surface area contributed by atoms with Crippen molar-refractivity contribution in [1.29, 1.82) is 0 Å². The van der Waals surface area contributed by atoms with Crippen molar-refractivity contribution < 1.29 is 28.9 Å². The van der Waals surface area contributed by atoms with Gasteiger partial charge in [0.2, 0.25) is 0 Å². The molecule has 1 saturated heterocycles. The van der Waals surface area contributed by atoms with Gasteiger partial charge in [-0.1, -0.05) is 20.3 Å². The van der Waals surface area contributed by atoms with E-state index in [2.05, 4.69) is 19.2 Å². The van der Waals surface area contributed by atoms with Gasteiger partial charge in [-0.3, -0.25) is 0 Å². The lowest BCUT2D eigenvalue weighted by Gasteiger charge is -2.31. The minimum atomic E-state index is -0.749. The Morgan fingerprint density at radius 3 is 2.56 bits per heavy atom. The number of amides is 1. The van der Waals surface area contributed by atoms with Crippen molar-refractivity contribution in [2.75, 3.05) is 13.2 Å². The number of carbonyl (C=O) groups is 2. The van der Waals surface area contributed by atoms with Gasteiger partial charge in [0.05, 0.1) is 6.10 Å². The first-order chi connectivity index (χ1) is 12.5. The van der Waals surface area contributed by atoms with Crippen molar-refractivity contribution in [2.45, 2.75) is 91.1 Å². The molecule has 0 aliphatic carbocycles. The van der Waals surface area contributed by atoms with E-state index < -0.39 is 29.8 Å². The summed E-state index contributed by atoms with van der Waals surface area (Å²) < 4.78 is 16.9. The molecule has 27 heavy (non-hydrogen) atoms. The number of ether oxygens (including phenoxy) is 3. The Bertz CT molecular complexity index is 474. The maximum Gasteiger partial charge on any atom is 0.408 e. The van der Waals surface area contributed by atoms with Gasteiger partial charge in [-0.2, -0.15) is 0 Å². The summed E-state index contributed by atoms with van der Waals surface area (Å²) in [5, 5.41) is 12.1. The molecule has 0 aromatic rings. The van der Waals surface area contributed by atoms with Crippen LogP contribution in [0.2, 0.25) is 0 Å². The Morgan fingerprint density at radius 1 is 1.33 bits per heavy atom. The Morgan fingerprint density at radius 2 is 2.00 bits per heavy atom. The minimum Gasteiger partial charge on any atom is -0.458 e. The van der Waals surface area contributed by atoms with E-state index in [9.17, 15) is 14.7 Å². The highest BCUT2D eigenvalue weighted by molar-refractivity contribution is 5.81. The van der Waals surface area contributed by atoms with Crippen LogP contribution >= 0.6 is 0 Å². The molecule has 0 aromatic carbocycles. The van der Waals surface area contributed by atoms with Crippen molar-refractivity contribution >= 4 is 12.1 Å². The summed E-state index contributed by atoms with van der Waals surface area (Å²) in [6.45, 7) is 11.9. The fourth-order valence-electron chi connectivity index (χ4n) is 3.21. The van der Waals surface area contributed by atoms with E-state index in [4.69, 9.17) is 14.2 Å². The van der Waals surface area contributed by atoms with Gasteiger partial charge in [-0.15, -0.1) is 0 Å². The lowest BCUT2D eigenvalue weighted by Crippen LogP contribution is -2.46. The first-order valence-electron chi connectivity index (χ1n) is 9.96. The smallest absolute Gasteiger partial charge is 0.408 e.